The standard InChI is InChI=1S/C16H11NO4S/c18-15(13-2-1-8-21-13)17-11-5-3-10(4-6-11)12-7-9-22-14(12)16(19)20/h1-9H,(H,17,18)(H,19,20). The topological polar surface area (TPSA) is 79.5 Å². The summed E-state index contributed by atoms with van der Waals surface area (Å²) in [7, 11) is 0. The van der Waals surface area contributed by atoms with Gasteiger partial charge >= 0.3 is 5.97 Å². The van der Waals surface area contributed by atoms with Gasteiger partial charge in [-0.2, -0.15) is 0 Å². The first kappa shape index (κ1) is 14.1. The predicted molar refractivity (Wildman–Crippen MR) is 83.4 cm³/mol. The molecule has 0 fully saturated rings. The average molecular weight is 313 g/mol. The Hall–Kier alpha value is -2.86. The van der Waals surface area contributed by atoms with Crippen molar-refractivity contribution in [2.24, 2.45) is 0 Å². The molecular formula is C16H11NO4S. The van der Waals surface area contributed by atoms with Crippen molar-refractivity contribution in [2.75, 3.05) is 5.32 Å². The summed E-state index contributed by atoms with van der Waals surface area (Å²) < 4.78 is 5.02. The second-order valence-electron chi connectivity index (χ2n) is 4.48. The maximum Gasteiger partial charge on any atom is 0.346 e. The molecule has 110 valence electrons. The molecule has 0 saturated carbocycles. The molecule has 1 amide bonds. The fraction of sp³-hybridized carbons (Fsp3) is 0. The lowest BCUT2D eigenvalue weighted by molar-refractivity contribution is 0.0702. The zero-order valence-electron chi connectivity index (χ0n) is 11.3. The van der Waals surface area contributed by atoms with Crippen LogP contribution in [0.2, 0.25) is 0 Å². The fourth-order valence-electron chi connectivity index (χ4n) is 2.04. The van der Waals surface area contributed by atoms with E-state index in [1.54, 1.807) is 47.8 Å². The van der Waals surface area contributed by atoms with Gasteiger partial charge in [0, 0.05) is 11.3 Å². The monoisotopic (exact) mass is 313 g/mol. The van der Waals surface area contributed by atoms with Crippen molar-refractivity contribution >= 4 is 28.9 Å². The van der Waals surface area contributed by atoms with Crippen LogP contribution in [-0.2, 0) is 0 Å². The van der Waals surface area contributed by atoms with Gasteiger partial charge in [-0.25, -0.2) is 4.79 Å². The SMILES string of the molecule is O=C(Nc1ccc(-c2ccsc2C(=O)O)cc1)c1ccco1. The number of hydrogen-bond donors (Lipinski definition) is 2. The average Bonchev–Trinajstić information content (AvgIpc) is 3.19. The van der Waals surface area contributed by atoms with Crippen molar-refractivity contribution in [2.45, 2.75) is 0 Å². The highest BCUT2D eigenvalue weighted by Crippen LogP contribution is 2.29. The third kappa shape index (κ3) is 2.77. The van der Waals surface area contributed by atoms with Crippen molar-refractivity contribution in [1.29, 1.82) is 0 Å². The fourth-order valence-corrected chi connectivity index (χ4v) is 2.79. The van der Waals surface area contributed by atoms with Crippen LogP contribution in [0, 0.1) is 0 Å². The summed E-state index contributed by atoms with van der Waals surface area (Å²) in [5.74, 6) is -1.05. The number of carboxylic acids is 1. The number of amides is 1. The van der Waals surface area contributed by atoms with E-state index in [2.05, 4.69) is 5.32 Å². The van der Waals surface area contributed by atoms with Crippen LogP contribution in [0.15, 0.2) is 58.5 Å². The van der Waals surface area contributed by atoms with Crippen molar-refractivity contribution in [1.82, 2.24) is 0 Å². The van der Waals surface area contributed by atoms with Crippen LogP contribution in [0.3, 0.4) is 0 Å². The van der Waals surface area contributed by atoms with Gasteiger partial charge in [0.25, 0.3) is 5.91 Å². The molecule has 3 rings (SSSR count). The highest BCUT2D eigenvalue weighted by Gasteiger charge is 2.13. The van der Waals surface area contributed by atoms with E-state index in [9.17, 15) is 9.59 Å². The van der Waals surface area contributed by atoms with Gasteiger partial charge in [-0.15, -0.1) is 11.3 Å². The third-order valence-corrected chi connectivity index (χ3v) is 3.96. The molecule has 5 nitrogen and oxygen atoms in total. The van der Waals surface area contributed by atoms with Crippen LogP contribution in [0.25, 0.3) is 11.1 Å². The minimum Gasteiger partial charge on any atom is -0.477 e. The summed E-state index contributed by atoms with van der Waals surface area (Å²) >= 11 is 1.18. The van der Waals surface area contributed by atoms with Crippen LogP contribution in [0.5, 0.6) is 0 Å². The van der Waals surface area contributed by atoms with Gasteiger partial charge in [0.15, 0.2) is 5.76 Å². The van der Waals surface area contributed by atoms with E-state index in [4.69, 9.17) is 9.52 Å². The molecule has 0 aliphatic carbocycles. The Morgan fingerprint density at radius 2 is 1.86 bits per heavy atom. The number of carboxylic acid groups (broad SMARTS) is 1. The molecule has 0 spiro atoms. The molecule has 22 heavy (non-hydrogen) atoms. The Morgan fingerprint density at radius 3 is 2.50 bits per heavy atom. The molecule has 6 heteroatoms. The quantitative estimate of drug-likeness (QED) is 0.764. The number of aromatic carboxylic acids is 1. The molecule has 2 aromatic heterocycles. The van der Waals surface area contributed by atoms with Gasteiger partial charge in [-0.05, 0) is 41.3 Å². The number of carbonyl (C=O) groups is 2. The predicted octanol–water partition coefficient (Wildman–Crippen LogP) is 3.96. The molecule has 0 aliphatic rings. The molecule has 0 unspecified atom stereocenters. The maximum absolute atomic E-state index is 11.9. The molecule has 0 atom stereocenters. The highest BCUT2D eigenvalue weighted by atomic mass is 32.1. The zero-order chi connectivity index (χ0) is 15.5. The molecule has 0 bridgehead atoms. The second kappa shape index (κ2) is 5.87. The highest BCUT2D eigenvalue weighted by molar-refractivity contribution is 7.12. The molecule has 0 saturated heterocycles. The number of carbonyl (C=O) groups excluding carboxylic acids is 1. The van der Waals surface area contributed by atoms with E-state index in [-0.39, 0.29) is 11.7 Å². The van der Waals surface area contributed by atoms with Crippen LogP contribution in [-0.4, -0.2) is 17.0 Å². The maximum atomic E-state index is 11.9. The van der Waals surface area contributed by atoms with Gasteiger partial charge in [-0.1, -0.05) is 12.1 Å². The molecule has 0 radical (unpaired) electrons. The minimum absolute atomic E-state index is 0.232. The molecule has 0 aliphatic heterocycles. The summed E-state index contributed by atoms with van der Waals surface area (Å²) in [5, 5.41) is 13.6. The van der Waals surface area contributed by atoms with Gasteiger partial charge < -0.3 is 14.8 Å². The molecular weight excluding hydrogens is 302 g/mol. The summed E-state index contributed by atoms with van der Waals surface area (Å²) in [5.41, 5.74) is 2.06. The number of benzene rings is 1. The number of rotatable bonds is 4. The van der Waals surface area contributed by atoms with Gasteiger partial charge in [0.1, 0.15) is 4.88 Å². The zero-order valence-corrected chi connectivity index (χ0v) is 12.1. The number of anilines is 1. The first-order valence-electron chi connectivity index (χ1n) is 6.41. The van der Waals surface area contributed by atoms with Crippen molar-refractivity contribution in [3.63, 3.8) is 0 Å². The normalized spacial score (nSPS) is 10.4. The van der Waals surface area contributed by atoms with E-state index in [1.165, 1.54) is 17.6 Å². The molecule has 2 N–H and O–H groups in total. The smallest absolute Gasteiger partial charge is 0.346 e. The summed E-state index contributed by atoms with van der Waals surface area (Å²) in [6.07, 6.45) is 1.43. The van der Waals surface area contributed by atoms with Crippen LogP contribution < -0.4 is 5.32 Å². The number of furan rings is 1. The van der Waals surface area contributed by atoms with Crippen LogP contribution in [0.1, 0.15) is 20.2 Å². The summed E-state index contributed by atoms with van der Waals surface area (Å²) in [6.45, 7) is 0. The molecule has 2 heterocycles. The van der Waals surface area contributed by atoms with E-state index >= 15 is 0 Å². The first-order valence-corrected chi connectivity index (χ1v) is 7.29. The lowest BCUT2D eigenvalue weighted by atomic mass is 10.1. The number of thiophene rings is 1. The largest absolute Gasteiger partial charge is 0.477 e. The Morgan fingerprint density at radius 1 is 1.09 bits per heavy atom. The van der Waals surface area contributed by atoms with Crippen LogP contribution >= 0.6 is 11.3 Å². The second-order valence-corrected chi connectivity index (χ2v) is 5.39. The van der Waals surface area contributed by atoms with Crippen molar-refractivity contribution < 1.29 is 19.1 Å². The number of nitrogens with one attached hydrogen (secondary N) is 1. The first-order chi connectivity index (χ1) is 10.6. The lowest BCUT2D eigenvalue weighted by Crippen LogP contribution is -2.10. The van der Waals surface area contributed by atoms with Crippen molar-refractivity contribution in [3.05, 3.63) is 64.7 Å². The Balaban J connectivity index is 1.80. The Labute approximate surface area is 129 Å². The van der Waals surface area contributed by atoms with E-state index < -0.39 is 5.97 Å². The van der Waals surface area contributed by atoms with Gasteiger partial charge in [-0.3, -0.25) is 4.79 Å². The lowest BCUT2D eigenvalue weighted by Gasteiger charge is -2.05. The van der Waals surface area contributed by atoms with E-state index in [0.717, 1.165) is 5.56 Å². The molecule has 1 aromatic carbocycles. The van der Waals surface area contributed by atoms with E-state index in [0.29, 0.717) is 16.1 Å². The number of hydrogen-bond acceptors (Lipinski definition) is 4. The third-order valence-electron chi connectivity index (χ3n) is 3.06. The van der Waals surface area contributed by atoms with Gasteiger partial charge in [0.2, 0.25) is 0 Å². The Bertz CT molecular complexity index is 803. The van der Waals surface area contributed by atoms with Crippen molar-refractivity contribution in [3.8, 4) is 11.1 Å². The Kier molecular flexibility index (Phi) is 3.76. The van der Waals surface area contributed by atoms with Gasteiger partial charge in [0.05, 0.1) is 6.26 Å². The summed E-state index contributed by atoms with van der Waals surface area (Å²) in [6, 6.07) is 12.0. The van der Waals surface area contributed by atoms with Crippen LogP contribution in [0.4, 0.5) is 5.69 Å². The summed E-state index contributed by atoms with van der Waals surface area (Å²) in [4.78, 5) is 23.3. The van der Waals surface area contributed by atoms with E-state index in [1.807, 2.05) is 0 Å². The minimum atomic E-state index is -0.944. The molecule has 3 aromatic rings.